The molecule has 0 aliphatic heterocycles. The van der Waals surface area contributed by atoms with Crippen molar-refractivity contribution in [3.05, 3.63) is 47.3 Å². The van der Waals surface area contributed by atoms with Crippen LogP contribution in [0.4, 0.5) is 0 Å². The highest BCUT2D eigenvalue weighted by Crippen LogP contribution is 2.40. The predicted octanol–water partition coefficient (Wildman–Crippen LogP) is 1.95. The maximum Gasteiger partial charge on any atom is 0.341 e. The van der Waals surface area contributed by atoms with E-state index in [1.165, 1.54) is 6.26 Å². The van der Waals surface area contributed by atoms with Gasteiger partial charge in [0.05, 0.1) is 5.69 Å². The molecular weight excluding hydrogens is 300 g/mol. The van der Waals surface area contributed by atoms with Crippen LogP contribution in [0.25, 0.3) is 0 Å². The van der Waals surface area contributed by atoms with E-state index in [2.05, 4.69) is 10.5 Å². The summed E-state index contributed by atoms with van der Waals surface area (Å²) in [5.41, 5.74) is 2.01. The van der Waals surface area contributed by atoms with E-state index in [0.29, 0.717) is 23.8 Å². The summed E-state index contributed by atoms with van der Waals surface area (Å²) in [6, 6.07) is 6.93. The van der Waals surface area contributed by atoms with Gasteiger partial charge in [-0.3, -0.25) is 4.79 Å². The highest BCUT2D eigenvalue weighted by molar-refractivity contribution is 5.95. The van der Waals surface area contributed by atoms with Crippen molar-refractivity contribution < 1.29 is 24.0 Å². The minimum absolute atomic E-state index is 0.231. The lowest BCUT2D eigenvalue weighted by molar-refractivity contribution is -0.139. The smallest absolute Gasteiger partial charge is 0.341 e. The molecule has 1 fully saturated rings. The number of carbonyl (C=O) groups is 2. The fourth-order valence-corrected chi connectivity index (χ4v) is 2.23. The van der Waals surface area contributed by atoms with Crippen molar-refractivity contribution in [2.24, 2.45) is 0 Å². The summed E-state index contributed by atoms with van der Waals surface area (Å²) < 4.78 is 10.0. The van der Waals surface area contributed by atoms with Gasteiger partial charge in [0.1, 0.15) is 17.6 Å². The third-order valence-corrected chi connectivity index (χ3v) is 3.52. The first-order valence-corrected chi connectivity index (χ1v) is 7.29. The zero-order valence-electron chi connectivity index (χ0n) is 12.3. The third-order valence-electron chi connectivity index (χ3n) is 3.52. The summed E-state index contributed by atoms with van der Waals surface area (Å²) in [5, 5.41) is 15.3. The molecule has 0 saturated heterocycles. The minimum Gasteiger partial charge on any atom is -0.482 e. The van der Waals surface area contributed by atoms with Gasteiger partial charge in [-0.2, -0.15) is 0 Å². The normalized spacial score (nSPS) is 13.6. The van der Waals surface area contributed by atoms with Crippen molar-refractivity contribution in [1.82, 2.24) is 10.5 Å². The van der Waals surface area contributed by atoms with Gasteiger partial charge in [-0.1, -0.05) is 17.3 Å². The standard InChI is InChI=1S/C16H16N2O5/c19-14(20)9-22-12-3-1-2-10(6-12)7-17-16(21)13-8-23-18-15(13)11-4-5-11/h1-3,6,8,11H,4-5,7,9H2,(H,17,21)(H,19,20). The molecule has 3 rings (SSSR count). The number of carboxylic acids is 1. The maximum atomic E-state index is 12.2. The van der Waals surface area contributed by atoms with Gasteiger partial charge in [0, 0.05) is 12.5 Å². The quantitative estimate of drug-likeness (QED) is 0.809. The Morgan fingerprint density at radius 3 is 2.96 bits per heavy atom. The van der Waals surface area contributed by atoms with Gasteiger partial charge >= 0.3 is 5.97 Å². The van der Waals surface area contributed by atoms with Crippen LogP contribution in [0.5, 0.6) is 5.75 Å². The van der Waals surface area contributed by atoms with Crippen LogP contribution in [-0.2, 0) is 11.3 Å². The summed E-state index contributed by atoms with van der Waals surface area (Å²) in [5.74, 6) is -0.487. The van der Waals surface area contributed by atoms with Crippen molar-refractivity contribution in [2.45, 2.75) is 25.3 Å². The van der Waals surface area contributed by atoms with E-state index in [9.17, 15) is 9.59 Å². The van der Waals surface area contributed by atoms with Gasteiger partial charge < -0.3 is 19.7 Å². The molecule has 7 nitrogen and oxygen atoms in total. The van der Waals surface area contributed by atoms with Crippen LogP contribution in [-0.4, -0.2) is 28.7 Å². The second kappa shape index (κ2) is 6.51. The highest BCUT2D eigenvalue weighted by Gasteiger charge is 2.31. The zero-order chi connectivity index (χ0) is 16.2. The van der Waals surface area contributed by atoms with Crippen molar-refractivity contribution >= 4 is 11.9 Å². The zero-order valence-corrected chi connectivity index (χ0v) is 12.3. The number of nitrogens with one attached hydrogen (secondary N) is 1. The summed E-state index contributed by atoms with van der Waals surface area (Å²) >= 11 is 0. The Balaban J connectivity index is 1.59. The van der Waals surface area contributed by atoms with Gasteiger partial charge in [0.25, 0.3) is 5.91 Å². The summed E-state index contributed by atoms with van der Waals surface area (Å²) in [4.78, 5) is 22.7. The molecule has 1 heterocycles. The first-order valence-electron chi connectivity index (χ1n) is 7.29. The van der Waals surface area contributed by atoms with E-state index in [1.807, 2.05) is 6.07 Å². The van der Waals surface area contributed by atoms with E-state index in [-0.39, 0.29) is 5.91 Å². The third kappa shape index (κ3) is 3.88. The maximum absolute atomic E-state index is 12.2. The molecule has 2 N–H and O–H groups in total. The number of amides is 1. The summed E-state index contributed by atoms with van der Waals surface area (Å²) in [6.45, 7) is -0.0976. The average molecular weight is 316 g/mol. The van der Waals surface area contributed by atoms with Gasteiger partial charge in [0.15, 0.2) is 6.61 Å². The summed E-state index contributed by atoms with van der Waals surface area (Å²) in [7, 11) is 0. The lowest BCUT2D eigenvalue weighted by Gasteiger charge is -2.07. The van der Waals surface area contributed by atoms with Crippen LogP contribution in [0.2, 0.25) is 0 Å². The van der Waals surface area contributed by atoms with Crippen molar-refractivity contribution in [2.75, 3.05) is 6.61 Å². The molecule has 0 atom stereocenters. The van der Waals surface area contributed by atoms with Crippen molar-refractivity contribution in [1.29, 1.82) is 0 Å². The highest BCUT2D eigenvalue weighted by atomic mass is 16.5. The molecule has 23 heavy (non-hydrogen) atoms. The van der Waals surface area contributed by atoms with E-state index >= 15 is 0 Å². The first kappa shape index (κ1) is 15.1. The number of aliphatic carboxylic acids is 1. The molecule has 1 saturated carbocycles. The molecule has 1 aromatic carbocycles. The van der Waals surface area contributed by atoms with E-state index in [4.69, 9.17) is 14.4 Å². The van der Waals surface area contributed by atoms with Crippen molar-refractivity contribution in [3.8, 4) is 5.75 Å². The number of aromatic nitrogens is 1. The summed E-state index contributed by atoms with van der Waals surface area (Å²) in [6.07, 6.45) is 3.45. The second-order valence-electron chi connectivity index (χ2n) is 5.40. The molecule has 1 amide bonds. The molecular formula is C16H16N2O5. The van der Waals surface area contributed by atoms with Crippen LogP contribution in [0.3, 0.4) is 0 Å². The first-order chi connectivity index (χ1) is 11.1. The van der Waals surface area contributed by atoms with Crippen LogP contribution >= 0.6 is 0 Å². The number of benzene rings is 1. The molecule has 1 aromatic heterocycles. The Labute approximate surface area is 132 Å². The number of nitrogens with zero attached hydrogens (tertiary/aromatic N) is 1. The molecule has 0 unspecified atom stereocenters. The van der Waals surface area contributed by atoms with E-state index < -0.39 is 12.6 Å². The predicted molar refractivity (Wildman–Crippen MR) is 79.2 cm³/mol. The Morgan fingerprint density at radius 1 is 1.39 bits per heavy atom. The number of hydrogen-bond acceptors (Lipinski definition) is 5. The SMILES string of the molecule is O=C(O)COc1cccc(CNC(=O)c2conc2C2CC2)c1. The van der Waals surface area contributed by atoms with Crippen LogP contribution in [0.1, 0.15) is 40.4 Å². The monoisotopic (exact) mass is 316 g/mol. The van der Waals surface area contributed by atoms with Crippen molar-refractivity contribution in [3.63, 3.8) is 0 Å². The molecule has 0 radical (unpaired) electrons. The number of ether oxygens (including phenoxy) is 1. The lowest BCUT2D eigenvalue weighted by Crippen LogP contribution is -2.23. The van der Waals surface area contributed by atoms with E-state index in [1.54, 1.807) is 18.2 Å². The fourth-order valence-electron chi connectivity index (χ4n) is 2.23. The second-order valence-corrected chi connectivity index (χ2v) is 5.40. The van der Waals surface area contributed by atoms with Crippen LogP contribution in [0, 0.1) is 0 Å². The van der Waals surface area contributed by atoms with Crippen LogP contribution < -0.4 is 10.1 Å². The lowest BCUT2D eigenvalue weighted by atomic mass is 10.1. The number of hydrogen-bond donors (Lipinski definition) is 2. The number of rotatable bonds is 7. The van der Waals surface area contributed by atoms with Crippen LogP contribution in [0.15, 0.2) is 35.1 Å². The molecule has 0 spiro atoms. The van der Waals surface area contributed by atoms with Gasteiger partial charge in [-0.15, -0.1) is 0 Å². The van der Waals surface area contributed by atoms with Gasteiger partial charge in [0.2, 0.25) is 0 Å². The minimum atomic E-state index is -1.04. The van der Waals surface area contributed by atoms with Gasteiger partial charge in [-0.05, 0) is 30.5 Å². The fraction of sp³-hybridized carbons (Fsp3) is 0.312. The molecule has 2 aromatic rings. The Kier molecular flexibility index (Phi) is 4.27. The average Bonchev–Trinajstić information content (AvgIpc) is 3.28. The number of carboxylic acid groups (broad SMARTS) is 1. The molecule has 0 bridgehead atoms. The molecule has 1 aliphatic carbocycles. The van der Waals surface area contributed by atoms with Gasteiger partial charge in [-0.25, -0.2) is 4.79 Å². The molecule has 120 valence electrons. The Bertz CT molecular complexity index is 721. The number of carbonyl (C=O) groups excluding carboxylic acids is 1. The van der Waals surface area contributed by atoms with E-state index in [0.717, 1.165) is 24.1 Å². The largest absolute Gasteiger partial charge is 0.482 e. The molecule has 1 aliphatic rings. The molecule has 7 heteroatoms. The topological polar surface area (TPSA) is 102 Å². The Morgan fingerprint density at radius 2 is 2.22 bits per heavy atom. The Hall–Kier alpha value is -2.83.